The molecule has 5 unspecified atom stereocenters. The number of hydrogen-bond donors (Lipinski definition) is 1. The van der Waals surface area contributed by atoms with Gasteiger partial charge in [0.05, 0.1) is 24.6 Å². The molecule has 3 amide bonds. The molecule has 164 valence electrons. The van der Waals surface area contributed by atoms with Gasteiger partial charge in [0.2, 0.25) is 17.7 Å². The number of nitrogens with one attached hydrogen (secondary N) is 1. The summed E-state index contributed by atoms with van der Waals surface area (Å²) in [7, 11) is 1.54. The van der Waals surface area contributed by atoms with Gasteiger partial charge in [0, 0.05) is 6.42 Å². The number of carbonyl (C=O) groups excluding carboxylic acids is 3. The van der Waals surface area contributed by atoms with Crippen molar-refractivity contribution >= 4 is 23.4 Å². The van der Waals surface area contributed by atoms with Crippen molar-refractivity contribution in [3.63, 3.8) is 0 Å². The number of likely N-dealkylation sites (tertiary alicyclic amines) is 1. The lowest BCUT2D eigenvalue weighted by atomic mass is 9.63. The second kappa shape index (κ2) is 8.26. The standard InChI is InChI=1S/C26H26N2O4/c1-32-21-10-6-5-9-19(21)27-24(29)20(15-16-7-3-2-4-8-16)28-25(30)22-17-11-12-18(14-13-17)23(22)26(28)31/h2-12,17-18,20,22-23H,13-15H2,1H3,(H,27,29). The van der Waals surface area contributed by atoms with Gasteiger partial charge in [0.15, 0.2) is 0 Å². The predicted octanol–water partition coefficient (Wildman–Crippen LogP) is 3.44. The molecule has 1 heterocycles. The topological polar surface area (TPSA) is 75.7 Å². The zero-order valence-corrected chi connectivity index (χ0v) is 17.9. The maximum absolute atomic E-state index is 13.5. The zero-order chi connectivity index (χ0) is 22.2. The zero-order valence-electron chi connectivity index (χ0n) is 17.9. The van der Waals surface area contributed by atoms with E-state index in [2.05, 4.69) is 17.5 Å². The van der Waals surface area contributed by atoms with E-state index < -0.39 is 6.04 Å². The Labute approximate surface area is 187 Å². The van der Waals surface area contributed by atoms with Crippen molar-refractivity contribution in [2.24, 2.45) is 23.7 Å². The Bertz CT molecular complexity index is 1050. The predicted molar refractivity (Wildman–Crippen MR) is 120 cm³/mol. The number of amides is 3. The van der Waals surface area contributed by atoms with E-state index in [1.807, 2.05) is 36.4 Å². The molecule has 4 aliphatic rings. The molecule has 6 heteroatoms. The molecule has 0 aromatic heterocycles. The molecule has 2 fully saturated rings. The van der Waals surface area contributed by atoms with Crippen LogP contribution in [0.3, 0.4) is 0 Å². The van der Waals surface area contributed by atoms with Gasteiger partial charge in [-0.25, -0.2) is 0 Å². The Kier molecular flexibility index (Phi) is 5.29. The highest BCUT2D eigenvalue weighted by Crippen LogP contribution is 2.50. The Morgan fingerprint density at radius 2 is 1.56 bits per heavy atom. The van der Waals surface area contributed by atoms with Gasteiger partial charge in [0.1, 0.15) is 11.8 Å². The van der Waals surface area contributed by atoms with Gasteiger partial charge in [-0.1, -0.05) is 54.6 Å². The van der Waals surface area contributed by atoms with Crippen LogP contribution in [0.15, 0.2) is 66.7 Å². The Hall–Kier alpha value is -3.41. The summed E-state index contributed by atoms with van der Waals surface area (Å²) >= 11 is 0. The summed E-state index contributed by atoms with van der Waals surface area (Å²) in [4.78, 5) is 41.8. The van der Waals surface area contributed by atoms with Gasteiger partial charge in [-0.2, -0.15) is 0 Å². The van der Waals surface area contributed by atoms with E-state index in [9.17, 15) is 14.4 Å². The number of imide groups is 1. The molecule has 2 aromatic carbocycles. The second-order valence-corrected chi connectivity index (χ2v) is 8.78. The number of nitrogens with zero attached hydrogens (tertiary/aromatic N) is 1. The SMILES string of the molecule is COc1ccccc1NC(=O)C(Cc1ccccc1)N1C(=O)C2C3C=CC(CC3)C2C1=O. The summed E-state index contributed by atoms with van der Waals surface area (Å²) < 4.78 is 5.36. The number of methoxy groups -OCH3 is 1. The maximum atomic E-state index is 13.5. The summed E-state index contributed by atoms with van der Waals surface area (Å²) in [5.41, 5.74) is 1.40. The first-order chi connectivity index (χ1) is 15.6. The Balaban J connectivity index is 1.48. The van der Waals surface area contributed by atoms with Crippen molar-refractivity contribution in [3.05, 3.63) is 72.3 Å². The van der Waals surface area contributed by atoms with Crippen molar-refractivity contribution in [1.29, 1.82) is 0 Å². The highest BCUT2D eigenvalue weighted by atomic mass is 16.5. The molecule has 6 rings (SSSR count). The Morgan fingerprint density at radius 1 is 0.969 bits per heavy atom. The number of benzene rings is 2. The van der Waals surface area contributed by atoms with Crippen LogP contribution in [-0.4, -0.2) is 35.8 Å². The third-order valence-electron chi connectivity index (χ3n) is 7.04. The van der Waals surface area contributed by atoms with E-state index in [1.54, 1.807) is 18.2 Å². The quantitative estimate of drug-likeness (QED) is 0.563. The van der Waals surface area contributed by atoms with Crippen LogP contribution in [0.5, 0.6) is 5.75 Å². The van der Waals surface area contributed by atoms with Gasteiger partial charge < -0.3 is 10.1 Å². The second-order valence-electron chi connectivity index (χ2n) is 8.78. The van der Waals surface area contributed by atoms with E-state index in [4.69, 9.17) is 4.74 Å². The fraction of sp³-hybridized carbons (Fsp3) is 0.346. The monoisotopic (exact) mass is 430 g/mol. The molecular weight excluding hydrogens is 404 g/mol. The number of anilines is 1. The van der Waals surface area contributed by atoms with Crippen LogP contribution < -0.4 is 10.1 Å². The summed E-state index contributed by atoms with van der Waals surface area (Å²) in [5.74, 6) is -0.812. The first-order valence-electron chi connectivity index (χ1n) is 11.1. The first-order valence-corrected chi connectivity index (χ1v) is 11.1. The number of ether oxygens (including phenoxy) is 1. The third-order valence-corrected chi connectivity index (χ3v) is 7.04. The molecule has 2 bridgehead atoms. The number of carbonyl (C=O) groups is 3. The number of allylic oxidation sites excluding steroid dienone is 2. The Morgan fingerprint density at radius 3 is 2.16 bits per heavy atom. The molecule has 1 saturated heterocycles. The van der Waals surface area contributed by atoms with Crippen molar-refractivity contribution in [3.8, 4) is 5.75 Å². The molecule has 0 radical (unpaired) electrons. The van der Waals surface area contributed by atoms with Crippen LogP contribution in [-0.2, 0) is 20.8 Å². The molecule has 2 aromatic rings. The summed E-state index contributed by atoms with van der Waals surface area (Å²) in [6.07, 6.45) is 6.29. The molecule has 6 nitrogen and oxygen atoms in total. The van der Waals surface area contributed by atoms with Gasteiger partial charge in [-0.05, 0) is 42.4 Å². The number of fused-ring (bicyclic) bond motifs is 1. The fourth-order valence-corrected chi connectivity index (χ4v) is 5.51. The smallest absolute Gasteiger partial charge is 0.248 e. The number of para-hydroxylation sites is 2. The van der Waals surface area contributed by atoms with Gasteiger partial charge >= 0.3 is 0 Å². The maximum Gasteiger partial charge on any atom is 0.248 e. The molecule has 0 spiro atoms. The fourth-order valence-electron chi connectivity index (χ4n) is 5.51. The minimum absolute atomic E-state index is 0.0844. The van der Waals surface area contributed by atoms with Crippen LogP contribution in [0.1, 0.15) is 18.4 Å². The van der Waals surface area contributed by atoms with Crippen LogP contribution in [0, 0.1) is 23.7 Å². The minimum atomic E-state index is -0.924. The van der Waals surface area contributed by atoms with Crippen LogP contribution in [0.25, 0.3) is 0 Å². The van der Waals surface area contributed by atoms with E-state index in [0.29, 0.717) is 11.4 Å². The van der Waals surface area contributed by atoms with Gasteiger partial charge in [0.25, 0.3) is 0 Å². The van der Waals surface area contributed by atoms with E-state index in [0.717, 1.165) is 18.4 Å². The van der Waals surface area contributed by atoms with Gasteiger partial charge in [-0.15, -0.1) is 0 Å². The molecule has 32 heavy (non-hydrogen) atoms. The van der Waals surface area contributed by atoms with E-state index >= 15 is 0 Å². The van der Waals surface area contributed by atoms with E-state index in [-0.39, 0.29) is 47.8 Å². The number of rotatable bonds is 6. The van der Waals surface area contributed by atoms with Crippen molar-refractivity contribution < 1.29 is 19.1 Å². The van der Waals surface area contributed by atoms with Crippen LogP contribution in [0.2, 0.25) is 0 Å². The first kappa shape index (κ1) is 20.5. The minimum Gasteiger partial charge on any atom is -0.495 e. The lowest BCUT2D eigenvalue weighted by molar-refractivity contribution is -0.146. The largest absolute Gasteiger partial charge is 0.495 e. The average molecular weight is 431 g/mol. The van der Waals surface area contributed by atoms with Crippen molar-refractivity contribution in [1.82, 2.24) is 4.90 Å². The molecule has 3 aliphatic carbocycles. The number of hydrogen-bond acceptors (Lipinski definition) is 4. The molecular formula is C26H26N2O4. The summed E-state index contributed by atoms with van der Waals surface area (Å²) in [5, 5.41) is 2.89. The average Bonchev–Trinajstić information content (AvgIpc) is 3.11. The van der Waals surface area contributed by atoms with Crippen molar-refractivity contribution in [2.45, 2.75) is 25.3 Å². The molecule has 1 N–H and O–H groups in total. The highest BCUT2D eigenvalue weighted by molar-refractivity contribution is 6.10. The van der Waals surface area contributed by atoms with E-state index in [1.165, 1.54) is 12.0 Å². The molecule has 1 saturated carbocycles. The summed E-state index contributed by atoms with van der Waals surface area (Å²) in [6, 6.07) is 15.7. The lowest BCUT2D eigenvalue weighted by Crippen LogP contribution is -2.49. The van der Waals surface area contributed by atoms with Gasteiger partial charge in [-0.3, -0.25) is 19.3 Å². The third kappa shape index (κ3) is 3.40. The van der Waals surface area contributed by atoms with Crippen molar-refractivity contribution in [2.75, 3.05) is 12.4 Å². The van der Waals surface area contributed by atoms with Crippen LogP contribution in [0.4, 0.5) is 5.69 Å². The highest BCUT2D eigenvalue weighted by Gasteiger charge is 2.58. The molecule has 5 atom stereocenters. The normalized spacial score (nSPS) is 26.7. The summed E-state index contributed by atoms with van der Waals surface area (Å²) in [6.45, 7) is 0. The van der Waals surface area contributed by atoms with Crippen LogP contribution >= 0.6 is 0 Å². The molecule has 1 aliphatic heterocycles. The lowest BCUT2D eigenvalue weighted by Gasteiger charge is -2.38.